The lowest BCUT2D eigenvalue weighted by Gasteiger charge is -2.26. The van der Waals surface area contributed by atoms with E-state index >= 15 is 0 Å². The number of thioether (sulfide) groups is 1. The second-order valence-corrected chi connectivity index (χ2v) is 12.4. The Labute approximate surface area is 232 Å². The normalized spacial score (nSPS) is 15.7. The Balaban J connectivity index is 1.59. The fourth-order valence-electron chi connectivity index (χ4n) is 4.77. The zero-order valence-electron chi connectivity index (χ0n) is 20.5. The number of aromatic nitrogens is 4. The quantitative estimate of drug-likeness (QED) is 0.211. The van der Waals surface area contributed by atoms with E-state index in [4.69, 9.17) is 27.9 Å². The molecule has 2 aromatic carbocycles. The van der Waals surface area contributed by atoms with Crippen LogP contribution in [0.2, 0.25) is 10.0 Å². The molecule has 0 radical (unpaired) electrons. The third-order valence-corrected chi connectivity index (χ3v) is 9.61. The summed E-state index contributed by atoms with van der Waals surface area (Å²) in [5.74, 6) is 1.36. The molecule has 0 N–H and O–H groups in total. The lowest BCUT2D eigenvalue weighted by Crippen LogP contribution is -2.28. The van der Waals surface area contributed by atoms with Gasteiger partial charge in [-0.15, -0.1) is 21.5 Å². The highest BCUT2D eigenvalue weighted by atomic mass is 35.5. The molecule has 1 atom stereocenters. The number of benzene rings is 2. The molecule has 1 aliphatic heterocycles. The van der Waals surface area contributed by atoms with Crippen molar-refractivity contribution in [3.63, 3.8) is 0 Å². The van der Waals surface area contributed by atoms with Gasteiger partial charge in [-0.3, -0.25) is 4.79 Å². The van der Waals surface area contributed by atoms with Gasteiger partial charge in [0.05, 0.1) is 23.8 Å². The molecular weight excluding hydrogens is 547 g/mol. The molecule has 0 bridgehead atoms. The maximum absolute atomic E-state index is 14.1. The number of fused-ring (bicyclic) bond motifs is 5. The summed E-state index contributed by atoms with van der Waals surface area (Å²) >= 11 is 16.0. The van der Waals surface area contributed by atoms with Crippen LogP contribution in [0, 0.1) is 12.8 Å². The fraction of sp³-hybridized carbons (Fsp3) is 0.296. The van der Waals surface area contributed by atoms with Crippen molar-refractivity contribution in [3.05, 3.63) is 84.4 Å². The molecule has 0 fully saturated rings. The molecule has 5 aromatic rings. The molecule has 0 aliphatic carbocycles. The molecule has 0 unspecified atom stereocenters. The molecule has 1 aliphatic rings. The van der Waals surface area contributed by atoms with Gasteiger partial charge in [0.15, 0.2) is 5.16 Å². The third-order valence-electron chi connectivity index (χ3n) is 6.75. The van der Waals surface area contributed by atoms with Crippen LogP contribution in [0.1, 0.15) is 35.4 Å². The van der Waals surface area contributed by atoms with Crippen LogP contribution in [0.4, 0.5) is 0 Å². The van der Waals surface area contributed by atoms with Gasteiger partial charge in [0.25, 0.3) is 5.56 Å². The molecule has 190 valence electrons. The van der Waals surface area contributed by atoms with Gasteiger partial charge in [0.1, 0.15) is 4.83 Å². The first kappa shape index (κ1) is 24.9. The molecule has 6 nitrogen and oxygen atoms in total. The van der Waals surface area contributed by atoms with Crippen LogP contribution < -0.4 is 5.56 Å². The summed E-state index contributed by atoms with van der Waals surface area (Å²) in [6.07, 6.45) is 0.784. The van der Waals surface area contributed by atoms with Crippen LogP contribution in [-0.2, 0) is 23.5 Å². The predicted octanol–water partition coefficient (Wildman–Crippen LogP) is 7.10. The van der Waals surface area contributed by atoms with Crippen molar-refractivity contribution in [2.24, 2.45) is 5.92 Å². The van der Waals surface area contributed by atoms with E-state index in [9.17, 15) is 4.79 Å². The van der Waals surface area contributed by atoms with Gasteiger partial charge in [-0.2, -0.15) is 0 Å². The van der Waals surface area contributed by atoms with Crippen LogP contribution >= 0.6 is 46.3 Å². The van der Waals surface area contributed by atoms with Gasteiger partial charge in [0.2, 0.25) is 5.78 Å². The van der Waals surface area contributed by atoms with E-state index in [1.165, 1.54) is 11.8 Å². The minimum absolute atomic E-state index is 0.0740. The summed E-state index contributed by atoms with van der Waals surface area (Å²) in [5, 5.41) is 11.7. The van der Waals surface area contributed by atoms with E-state index in [0.717, 1.165) is 37.5 Å². The van der Waals surface area contributed by atoms with Crippen LogP contribution in [0.3, 0.4) is 0 Å². The number of nitrogens with zero attached hydrogens (tertiary/aromatic N) is 4. The number of hydrogen-bond acceptors (Lipinski definition) is 6. The Bertz CT molecular complexity index is 1700. The highest BCUT2D eigenvalue weighted by molar-refractivity contribution is 7.98. The Morgan fingerprint density at radius 2 is 1.92 bits per heavy atom. The van der Waals surface area contributed by atoms with Crippen molar-refractivity contribution >= 4 is 62.3 Å². The number of halogens is 2. The highest BCUT2D eigenvalue weighted by Gasteiger charge is 2.30. The first-order chi connectivity index (χ1) is 17.8. The zero-order valence-corrected chi connectivity index (χ0v) is 23.6. The standard InChI is InChI=1S/C27H24Cl2N4O2S2/c1-14(2)21-11-17-22(12-35-21)37-25-23(17)24(34)32(16-7-4-6-15(3)10-16)26-30-31-27(33(25)26)36-13-18-19(28)8-5-9-20(18)29/h4-10,14,21H,11-13H2,1-3H3/t21-/m1/s1. The average Bonchev–Trinajstić information content (AvgIpc) is 3.45. The van der Waals surface area contributed by atoms with Crippen molar-refractivity contribution in [2.45, 2.75) is 50.8 Å². The lowest BCUT2D eigenvalue weighted by atomic mass is 9.96. The molecule has 0 amide bonds. The molecule has 4 heterocycles. The maximum atomic E-state index is 14.1. The first-order valence-electron chi connectivity index (χ1n) is 12.0. The second kappa shape index (κ2) is 9.75. The SMILES string of the molecule is Cc1cccc(-n2c(=O)c3c4c(sc3n3c(SCc5c(Cl)cccc5Cl)nnc23)CO[C@@H](C(C)C)C4)c1. The third kappa shape index (κ3) is 4.29. The van der Waals surface area contributed by atoms with Crippen molar-refractivity contribution in [1.29, 1.82) is 0 Å². The molecular formula is C27H24Cl2N4O2S2. The van der Waals surface area contributed by atoms with E-state index in [2.05, 4.69) is 24.0 Å². The maximum Gasteiger partial charge on any atom is 0.268 e. The van der Waals surface area contributed by atoms with Crippen LogP contribution in [0.25, 0.3) is 21.7 Å². The van der Waals surface area contributed by atoms with Gasteiger partial charge < -0.3 is 4.74 Å². The van der Waals surface area contributed by atoms with E-state index in [0.29, 0.717) is 45.7 Å². The number of thiophene rings is 1. The lowest BCUT2D eigenvalue weighted by molar-refractivity contribution is 0.00200. The number of hydrogen-bond donors (Lipinski definition) is 0. The van der Waals surface area contributed by atoms with Crippen LogP contribution in [-0.4, -0.2) is 25.3 Å². The summed E-state index contributed by atoms with van der Waals surface area (Å²) < 4.78 is 9.83. The first-order valence-corrected chi connectivity index (χ1v) is 14.6. The minimum atomic E-state index is -0.0758. The Kier molecular flexibility index (Phi) is 6.57. The topological polar surface area (TPSA) is 61.4 Å². The zero-order chi connectivity index (χ0) is 25.8. The van der Waals surface area contributed by atoms with Crippen LogP contribution in [0.15, 0.2) is 52.4 Å². The van der Waals surface area contributed by atoms with Crippen LogP contribution in [0.5, 0.6) is 0 Å². The fourth-order valence-corrected chi connectivity index (χ4v) is 7.74. The predicted molar refractivity (Wildman–Crippen MR) is 152 cm³/mol. The minimum Gasteiger partial charge on any atom is -0.372 e. The number of rotatable bonds is 5. The summed E-state index contributed by atoms with van der Waals surface area (Å²) in [6.45, 7) is 6.83. The monoisotopic (exact) mass is 570 g/mol. The Morgan fingerprint density at radius 1 is 1.16 bits per heavy atom. The number of aryl methyl sites for hydroxylation is 1. The highest BCUT2D eigenvalue weighted by Crippen LogP contribution is 2.38. The van der Waals surface area contributed by atoms with E-state index in [1.807, 2.05) is 53.8 Å². The molecule has 0 saturated heterocycles. The molecule has 6 rings (SSSR count). The van der Waals surface area contributed by atoms with Crippen molar-refractivity contribution in [2.75, 3.05) is 0 Å². The van der Waals surface area contributed by atoms with E-state index in [1.54, 1.807) is 15.9 Å². The van der Waals surface area contributed by atoms with Gasteiger partial charge >= 0.3 is 0 Å². The summed E-state index contributed by atoms with van der Waals surface area (Å²) in [4.78, 5) is 16.1. The molecule has 10 heteroatoms. The van der Waals surface area contributed by atoms with Crippen molar-refractivity contribution < 1.29 is 4.74 Å². The van der Waals surface area contributed by atoms with Crippen molar-refractivity contribution in [3.8, 4) is 5.69 Å². The smallest absolute Gasteiger partial charge is 0.268 e. The van der Waals surface area contributed by atoms with Gasteiger partial charge in [-0.25, -0.2) is 8.97 Å². The summed E-state index contributed by atoms with van der Waals surface area (Å²) in [7, 11) is 0. The Hall–Kier alpha value is -2.36. The molecule has 3 aromatic heterocycles. The largest absolute Gasteiger partial charge is 0.372 e. The average molecular weight is 572 g/mol. The molecule has 0 spiro atoms. The second-order valence-electron chi connectivity index (χ2n) is 9.57. The number of ether oxygens (including phenoxy) is 1. The molecule has 37 heavy (non-hydrogen) atoms. The molecule has 0 saturated carbocycles. The Morgan fingerprint density at radius 3 is 2.65 bits per heavy atom. The van der Waals surface area contributed by atoms with Gasteiger partial charge in [0, 0.05) is 27.1 Å². The van der Waals surface area contributed by atoms with Gasteiger partial charge in [-0.1, -0.05) is 67.0 Å². The van der Waals surface area contributed by atoms with E-state index < -0.39 is 0 Å². The summed E-state index contributed by atoms with van der Waals surface area (Å²) in [5.41, 5.74) is 3.67. The van der Waals surface area contributed by atoms with Gasteiger partial charge in [-0.05, 0) is 53.8 Å². The summed E-state index contributed by atoms with van der Waals surface area (Å²) in [6, 6.07) is 13.4. The van der Waals surface area contributed by atoms with E-state index in [-0.39, 0.29) is 11.7 Å². The van der Waals surface area contributed by atoms with Crippen molar-refractivity contribution in [1.82, 2.24) is 19.2 Å².